The molecule has 0 saturated heterocycles. The second-order valence-corrected chi connectivity index (χ2v) is 7.54. The molecule has 0 fully saturated rings. The molecular formula is C25H25B2O5. The van der Waals surface area contributed by atoms with Crippen LogP contribution < -0.4 is 10.1 Å². The molecule has 32 heavy (non-hydrogen) atoms. The largest absolute Gasteiger partial charge is 0.569 e. The number of carbonyl (C=O) groups is 1. The predicted octanol–water partition coefficient (Wildman–Crippen LogP) is 2.73. The van der Waals surface area contributed by atoms with Crippen LogP contribution in [0.2, 0.25) is 0 Å². The molecule has 0 bridgehead atoms. The SMILES string of the molecule is C=C(CCc1ccccc1CCC(=O)c1ccc(O[B]O)cc1)c1ccc(B(O)O)cc1. The number of allylic oxidation sites excluding steroid dienone is 1. The molecule has 0 heterocycles. The maximum atomic E-state index is 12.6. The molecule has 7 heteroatoms. The Morgan fingerprint density at radius 3 is 1.97 bits per heavy atom. The van der Waals surface area contributed by atoms with Gasteiger partial charge < -0.3 is 19.7 Å². The molecule has 0 atom stereocenters. The van der Waals surface area contributed by atoms with E-state index in [9.17, 15) is 14.8 Å². The van der Waals surface area contributed by atoms with Crippen molar-refractivity contribution in [3.63, 3.8) is 0 Å². The van der Waals surface area contributed by atoms with Gasteiger partial charge in [-0.3, -0.25) is 4.79 Å². The molecule has 3 rings (SSSR count). The summed E-state index contributed by atoms with van der Waals surface area (Å²) in [6, 6.07) is 21.8. The van der Waals surface area contributed by atoms with E-state index < -0.39 is 7.12 Å². The van der Waals surface area contributed by atoms with Gasteiger partial charge in [-0.15, -0.1) is 0 Å². The molecule has 0 aliphatic rings. The fourth-order valence-electron chi connectivity index (χ4n) is 3.54. The molecule has 0 aliphatic heterocycles. The molecular weight excluding hydrogens is 402 g/mol. The van der Waals surface area contributed by atoms with Crippen molar-refractivity contribution in [2.45, 2.75) is 25.7 Å². The number of hydrogen-bond donors (Lipinski definition) is 3. The van der Waals surface area contributed by atoms with Crippen molar-refractivity contribution in [1.82, 2.24) is 0 Å². The number of carbonyl (C=O) groups excluding carboxylic acids is 1. The highest BCUT2D eigenvalue weighted by Gasteiger charge is 2.12. The van der Waals surface area contributed by atoms with E-state index in [4.69, 9.17) is 9.68 Å². The van der Waals surface area contributed by atoms with Crippen molar-refractivity contribution in [1.29, 1.82) is 0 Å². The van der Waals surface area contributed by atoms with Crippen LogP contribution >= 0.6 is 0 Å². The van der Waals surface area contributed by atoms with Gasteiger partial charge in [0, 0.05) is 12.0 Å². The first-order valence-corrected chi connectivity index (χ1v) is 10.4. The molecule has 3 aromatic rings. The third-order valence-corrected chi connectivity index (χ3v) is 5.42. The van der Waals surface area contributed by atoms with Crippen molar-refractivity contribution in [2.24, 2.45) is 0 Å². The Balaban J connectivity index is 1.58. The van der Waals surface area contributed by atoms with Gasteiger partial charge in [-0.1, -0.05) is 55.1 Å². The Hall–Kier alpha value is -3.12. The summed E-state index contributed by atoms with van der Waals surface area (Å²) in [5, 5.41) is 27.1. The van der Waals surface area contributed by atoms with Crippen molar-refractivity contribution < 1.29 is 24.5 Å². The average Bonchev–Trinajstić information content (AvgIpc) is 2.82. The van der Waals surface area contributed by atoms with Crippen LogP contribution in [0.3, 0.4) is 0 Å². The zero-order valence-corrected chi connectivity index (χ0v) is 17.8. The van der Waals surface area contributed by atoms with Crippen LogP contribution in [0, 0.1) is 0 Å². The third-order valence-electron chi connectivity index (χ3n) is 5.42. The van der Waals surface area contributed by atoms with E-state index in [0.717, 1.165) is 29.5 Å². The minimum atomic E-state index is -1.47. The van der Waals surface area contributed by atoms with Gasteiger partial charge >= 0.3 is 14.8 Å². The molecule has 0 spiro atoms. The van der Waals surface area contributed by atoms with E-state index in [1.807, 2.05) is 24.3 Å². The maximum Gasteiger partial charge on any atom is 0.569 e. The van der Waals surface area contributed by atoms with E-state index in [2.05, 4.69) is 18.7 Å². The minimum Gasteiger partial charge on any atom is -0.537 e. The fraction of sp³-hybridized carbons (Fsp3) is 0.160. The molecule has 3 N–H and O–H groups in total. The number of ketones is 1. The Labute approximate surface area is 189 Å². The topological polar surface area (TPSA) is 87.0 Å². The quantitative estimate of drug-likeness (QED) is 0.324. The Bertz CT molecular complexity index is 1050. The lowest BCUT2D eigenvalue weighted by Crippen LogP contribution is -2.29. The summed E-state index contributed by atoms with van der Waals surface area (Å²) < 4.78 is 4.87. The first-order valence-electron chi connectivity index (χ1n) is 10.4. The summed E-state index contributed by atoms with van der Waals surface area (Å²) in [5.74, 6) is 0.520. The average molecular weight is 427 g/mol. The van der Waals surface area contributed by atoms with Gasteiger partial charge in [-0.25, -0.2) is 0 Å². The molecule has 0 unspecified atom stereocenters. The summed E-state index contributed by atoms with van der Waals surface area (Å²) in [4.78, 5) is 12.6. The molecule has 161 valence electrons. The molecule has 1 radical (unpaired) electrons. The first kappa shape index (κ1) is 23.5. The summed E-state index contributed by atoms with van der Waals surface area (Å²) in [5.41, 5.74) is 5.32. The molecule has 0 saturated carbocycles. The maximum absolute atomic E-state index is 12.6. The minimum absolute atomic E-state index is 0.0508. The normalized spacial score (nSPS) is 10.5. The van der Waals surface area contributed by atoms with Gasteiger partial charge in [-0.2, -0.15) is 0 Å². The van der Waals surface area contributed by atoms with Crippen LogP contribution in [-0.2, 0) is 12.8 Å². The van der Waals surface area contributed by atoms with Gasteiger partial charge in [-0.05, 0) is 71.3 Å². The Morgan fingerprint density at radius 2 is 1.41 bits per heavy atom. The van der Waals surface area contributed by atoms with Crippen molar-refractivity contribution >= 4 is 31.6 Å². The van der Waals surface area contributed by atoms with Crippen LogP contribution in [0.25, 0.3) is 5.57 Å². The van der Waals surface area contributed by atoms with Crippen molar-refractivity contribution in [3.05, 3.63) is 102 Å². The lowest BCUT2D eigenvalue weighted by molar-refractivity contribution is 0.0982. The summed E-state index contributed by atoms with van der Waals surface area (Å²) in [6.45, 7) is 4.17. The summed E-state index contributed by atoms with van der Waals surface area (Å²) in [7, 11) is -0.867. The molecule has 0 amide bonds. The third kappa shape index (κ3) is 6.44. The van der Waals surface area contributed by atoms with Gasteiger partial charge in [0.15, 0.2) is 5.78 Å². The van der Waals surface area contributed by atoms with E-state index in [1.165, 1.54) is 5.56 Å². The highest BCUT2D eigenvalue weighted by atomic mass is 16.5. The highest BCUT2D eigenvalue weighted by molar-refractivity contribution is 6.58. The van der Waals surface area contributed by atoms with Crippen LogP contribution in [0.1, 0.15) is 39.9 Å². The first-order chi connectivity index (χ1) is 15.5. The number of benzene rings is 3. The summed E-state index contributed by atoms with van der Waals surface area (Å²) in [6.07, 6.45) is 2.61. The van der Waals surface area contributed by atoms with E-state index in [0.29, 0.717) is 37.3 Å². The van der Waals surface area contributed by atoms with Crippen LogP contribution in [0.5, 0.6) is 5.75 Å². The highest BCUT2D eigenvalue weighted by Crippen LogP contribution is 2.21. The van der Waals surface area contributed by atoms with Gasteiger partial charge in [0.25, 0.3) is 0 Å². The van der Waals surface area contributed by atoms with E-state index >= 15 is 0 Å². The van der Waals surface area contributed by atoms with Crippen molar-refractivity contribution in [3.8, 4) is 5.75 Å². The van der Waals surface area contributed by atoms with Crippen molar-refractivity contribution in [2.75, 3.05) is 0 Å². The standard InChI is InChI=1S/C25H25B2O5/c1-18(19-8-13-23(14-9-19)27(30)31)6-7-20-4-2-3-5-21(20)12-17-25(28)22-10-15-24(16-11-22)32-26-29/h2-5,8-11,13-16,29-31H,1,6-7,12,17H2. The smallest absolute Gasteiger partial charge is 0.537 e. The van der Waals surface area contributed by atoms with E-state index in [1.54, 1.807) is 36.4 Å². The Kier molecular flexibility index (Phi) is 8.45. The van der Waals surface area contributed by atoms with Crippen LogP contribution in [0.4, 0.5) is 0 Å². The van der Waals surface area contributed by atoms with Gasteiger partial charge in [0.2, 0.25) is 0 Å². The second kappa shape index (κ2) is 11.5. The number of aryl methyl sites for hydroxylation is 2. The summed E-state index contributed by atoms with van der Waals surface area (Å²) >= 11 is 0. The second-order valence-electron chi connectivity index (χ2n) is 7.54. The lowest BCUT2D eigenvalue weighted by atomic mass is 9.79. The van der Waals surface area contributed by atoms with Crippen LogP contribution in [0.15, 0.2) is 79.4 Å². The molecule has 5 nitrogen and oxygen atoms in total. The number of rotatable bonds is 11. The molecule has 0 aliphatic carbocycles. The van der Waals surface area contributed by atoms with E-state index in [-0.39, 0.29) is 5.78 Å². The fourth-order valence-corrected chi connectivity index (χ4v) is 3.54. The van der Waals surface area contributed by atoms with Gasteiger partial charge in [0.1, 0.15) is 5.75 Å². The van der Waals surface area contributed by atoms with Gasteiger partial charge in [0.05, 0.1) is 0 Å². The Morgan fingerprint density at radius 1 is 0.844 bits per heavy atom. The lowest BCUT2D eigenvalue weighted by Gasteiger charge is -2.11. The molecule has 3 aromatic carbocycles. The number of Topliss-reactive ketones (excluding diaryl/α,β-unsaturated/α-hetero) is 1. The van der Waals surface area contributed by atoms with Crippen LogP contribution in [-0.4, -0.2) is 35.7 Å². The predicted molar refractivity (Wildman–Crippen MR) is 128 cm³/mol. The number of hydrogen-bond acceptors (Lipinski definition) is 5. The zero-order chi connectivity index (χ0) is 22.9. The molecule has 0 aromatic heterocycles. The monoisotopic (exact) mass is 427 g/mol. The zero-order valence-electron chi connectivity index (χ0n) is 17.8.